The molecular formula is C33H22FN3O6. The molecule has 43 heavy (non-hydrogen) atoms. The minimum Gasteiger partial charge on any atom is -0.292 e. The normalized spacial score (nSPS) is 21.2. The summed E-state index contributed by atoms with van der Waals surface area (Å²) in [5.74, 6) is -5.90. The minimum atomic E-state index is -0.929. The lowest BCUT2D eigenvalue weighted by atomic mass is 9.55. The average molecular weight is 576 g/mol. The van der Waals surface area contributed by atoms with E-state index in [1.54, 1.807) is 0 Å². The van der Waals surface area contributed by atoms with Gasteiger partial charge in [0.25, 0.3) is 23.4 Å². The first kappa shape index (κ1) is 26.4. The maximum Gasteiger partial charge on any atom is 0.273 e. The number of non-ortho nitro benzene ring substituents is 1. The third kappa shape index (κ3) is 3.98. The number of nitro benzene ring substituents is 1. The summed E-state index contributed by atoms with van der Waals surface area (Å²) < 4.78 is 13.6. The number of carbonyl (C=O) groups excluding carboxylic acids is 4. The summed E-state index contributed by atoms with van der Waals surface area (Å²) in [6.07, 6.45) is 0. The summed E-state index contributed by atoms with van der Waals surface area (Å²) in [7, 11) is 0. The Morgan fingerprint density at radius 3 is 1.74 bits per heavy atom. The Labute approximate surface area is 244 Å². The number of nitrogens with zero attached hydrogens (tertiary/aromatic N) is 3. The number of ketones is 1. The molecule has 8 rings (SSSR count). The molecule has 4 aliphatic rings. The van der Waals surface area contributed by atoms with Crippen molar-refractivity contribution in [3.63, 3.8) is 0 Å². The summed E-state index contributed by atoms with van der Waals surface area (Å²) in [4.78, 5) is 66.8. The van der Waals surface area contributed by atoms with Crippen LogP contribution in [0, 0.1) is 27.8 Å². The lowest BCUT2D eigenvalue weighted by Crippen LogP contribution is -2.52. The van der Waals surface area contributed by atoms with Crippen molar-refractivity contribution in [2.45, 2.75) is 11.8 Å². The molecule has 1 saturated heterocycles. The number of benzene rings is 4. The van der Waals surface area contributed by atoms with Crippen molar-refractivity contribution in [2.75, 3.05) is 6.54 Å². The molecule has 0 N–H and O–H groups in total. The molecule has 2 bridgehead atoms. The Bertz CT molecular complexity index is 1760. The average Bonchev–Trinajstić information content (AvgIpc) is 3.29. The fraction of sp³-hybridized carbons (Fsp3) is 0.152. The SMILES string of the molecule is O=C(CN(C(=O)c1cccc([N+](=O)[O-])c1)N1C(=O)[C@@H]2C3c4ccccc4C(c4ccccc43)[C@H]2C1=O)c1ccc(F)cc1. The van der Waals surface area contributed by atoms with Crippen LogP contribution in [-0.4, -0.2) is 45.0 Å². The molecule has 0 spiro atoms. The topological polar surface area (TPSA) is 118 Å². The van der Waals surface area contributed by atoms with Crippen molar-refractivity contribution in [1.29, 1.82) is 0 Å². The molecule has 0 saturated carbocycles. The van der Waals surface area contributed by atoms with E-state index in [-0.39, 0.29) is 16.8 Å². The largest absolute Gasteiger partial charge is 0.292 e. The third-order valence-electron chi connectivity index (χ3n) is 8.66. The van der Waals surface area contributed by atoms with Crippen molar-refractivity contribution in [1.82, 2.24) is 10.0 Å². The highest BCUT2D eigenvalue weighted by Gasteiger charge is 2.63. The van der Waals surface area contributed by atoms with Gasteiger partial charge in [0.15, 0.2) is 5.78 Å². The first-order valence-corrected chi connectivity index (χ1v) is 13.7. The smallest absolute Gasteiger partial charge is 0.273 e. The van der Waals surface area contributed by atoms with E-state index in [0.717, 1.165) is 50.5 Å². The van der Waals surface area contributed by atoms with E-state index < -0.39 is 64.5 Å². The van der Waals surface area contributed by atoms with Gasteiger partial charge in [0.2, 0.25) is 0 Å². The number of hydrazine groups is 1. The molecule has 1 heterocycles. The van der Waals surface area contributed by atoms with Crippen LogP contribution in [0.1, 0.15) is 54.8 Å². The molecule has 0 aromatic heterocycles. The van der Waals surface area contributed by atoms with Crippen LogP contribution in [-0.2, 0) is 9.59 Å². The maximum atomic E-state index is 14.3. The first-order chi connectivity index (χ1) is 20.8. The lowest BCUT2D eigenvalue weighted by Gasteiger charge is -2.45. The third-order valence-corrected chi connectivity index (χ3v) is 8.66. The molecule has 0 unspecified atom stereocenters. The summed E-state index contributed by atoms with van der Waals surface area (Å²) in [6, 6.07) is 24.9. The van der Waals surface area contributed by atoms with Crippen LogP contribution >= 0.6 is 0 Å². The highest BCUT2D eigenvalue weighted by Crippen LogP contribution is 2.61. The highest BCUT2D eigenvalue weighted by atomic mass is 19.1. The second-order valence-corrected chi connectivity index (χ2v) is 10.9. The van der Waals surface area contributed by atoms with E-state index in [4.69, 9.17) is 0 Å². The lowest BCUT2D eigenvalue weighted by molar-refractivity contribution is -0.384. The molecule has 0 radical (unpaired) electrons. The van der Waals surface area contributed by atoms with Crippen molar-refractivity contribution < 1.29 is 28.5 Å². The Kier molecular flexibility index (Phi) is 6.01. The molecule has 10 heteroatoms. The number of Topliss-reactive ketones (excluding diaryl/α,β-unsaturated/α-hetero) is 1. The van der Waals surface area contributed by atoms with Crippen LogP contribution in [0.5, 0.6) is 0 Å². The van der Waals surface area contributed by atoms with Crippen molar-refractivity contribution >= 4 is 29.2 Å². The van der Waals surface area contributed by atoms with Gasteiger partial charge in [-0.2, -0.15) is 5.01 Å². The highest BCUT2D eigenvalue weighted by molar-refractivity contribution is 6.11. The molecule has 3 aliphatic carbocycles. The van der Waals surface area contributed by atoms with Gasteiger partial charge in [-0.1, -0.05) is 54.6 Å². The standard InChI is InChI=1S/C33H22FN3O6/c34-20-14-12-18(13-15-20)26(38)17-35(31(39)19-6-5-7-21(16-19)37(42)43)36-32(40)29-27-22-8-1-2-9-23(22)28(30(29)33(36)41)25-11-4-3-10-24(25)27/h1-16,27-30H,17H2/t27?,28?,29-,30-/m1/s1. The maximum absolute atomic E-state index is 14.3. The molecule has 3 amide bonds. The zero-order chi connectivity index (χ0) is 30.0. The fourth-order valence-electron chi connectivity index (χ4n) is 6.90. The Hall–Kier alpha value is -5.51. The number of hydrogen-bond donors (Lipinski definition) is 0. The molecule has 4 aromatic carbocycles. The van der Waals surface area contributed by atoms with Crippen molar-refractivity contribution in [2.24, 2.45) is 11.8 Å². The number of amides is 3. The van der Waals surface area contributed by atoms with E-state index in [0.29, 0.717) is 0 Å². The zero-order valence-corrected chi connectivity index (χ0v) is 22.4. The van der Waals surface area contributed by atoms with Gasteiger partial charge < -0.3 is 0 Å². The number of carbonyl (C=O) groups is 4. The van der Waals surface area contributed by atoms with E-state index in [2.05, 4.69) is 0 Å². The second-order valence-electron chi connectivity index (χ2n) is 10.9. The zero-order valence-electron chi connectivity index (χ0n) is 22.4. The molecule has 9 nitrogen and oxygen atoms in total. The molecule has 1 fully saturated rings. The number of imide groups is 1. The summed E-state index contributed by atoms with van der Waals surface area (Å²) in [5.41, 5.74) is 3.28. The first-order valence-electron chi connectivity index (χ1n) is 13.7. The summed E-state index contributed by atoms with van der Waals surface area (Å²) >= 11 is 0. The second kappa shape index (κ2) is 9.80. The van der Waals surface area contributed by atoms with Gasteiger partial charge in [-0.25, -0.2) is 9.40 Å². The van der Waals surface area contributed by atoms with E-state index in [1.807, 2.05) is 48.5 Å². The van der Waals surface area contributed by atoms with Crippen LogP contribution in [0.15, 0.2) is 97.1 Å². The van der Waals surface area contributed by atoms with Gasteiger partial charge in [-0.05, 0) is 52.6 Å². The Morgan fingerprint density at radius 2 is 1.26 bits per heavy atom. The van der Waals surface area contributed by atoms with Crippen LogP contribution in [0.25, 0.3) is 0 Å². The fourth-order valence-corrected chi connectivity index (χ4v) is 6.90. The monoisotopic (exact) mass is 575 g/mol. The number of halogens is 1. The molecular weight excluding hydrogens is 553 g/mol. The number of hydrogen-bond acceptors (Lipinski definition) is 6. The minimum absolute atomic E-state index is 0.0645. The van der Waals surface area contributed by atoms with Crippen LogP contribution in [0.2, 0.25) is 0 Å². The Morgan fingerprint density at radius 1 is 0.744 bits per heavy atom. The predicted molar refractivity (Wildman–Crippen MR) is 150 cm³/mol. The van der Waals surface area contributed by atoms with Gasteiger partial charge in [-0.3, -0.25) is 29.3 Å². The molecule has 4 aromatic rings. The van der Waals surface area contributed by atoms with E-state index >= 15 is 0 Å². The molecule has 1 aliphatic heterocycles. The number of nitro groups is 1. The van der Waals surface area contributed by atoms with Gasteiger partial charge in [0, 0.05) is 35.1 Å². The van der Waals surface area contributed by atoms with Gasteiger partial charge in [0.05, 0.1) is 16.8 Å². The molecule has 2 atom stereocenters. The predicted octanol–water partition coefficient (Wildman–Crippen LogP) is 4.87. The summed E-state index contributed by atoms with van der Waals surface area (Å²) in [6.45, 7) is -0.723. The van der Waals surface area contributed by atoms with E-state index in [1.165, 1.54) is 30.3 Å². The van der Waals surface area contributed by atoms with Crippen molar-refractivity contribution in [3.05, 3.63) is 146 Å². The van der Waals surface area contributed by atoms with E-state index in [9.17, 15) is 33.7 Å². The van der Waals surface area contributed by atoms with Gasteiger partial charge in [0.1, 0.15) is 12.4 Å². The molecule has 212 valence electrons. The van der Waals surface area contributed by atoms with Crippen LogP contribution < -0.4 is 0 Å². The number of rotatable bonds is 6. The van der Waals surface area contributed by atoms with Gasteiger partial charge >= 0.3 is 0 Å². The van der Waals surface area contributed by atoms with Crippen LogP contribution in [0.4, 0.5) is 10.1 Å². The van der Waals surface area contributed by atoms with Crippen LogP contribution in [0.3, 0.4) is 0 Å². The summed E-state index contributed by atoms with van der Waals surface area (Å²) in [5, 5.41) is 13.0. The quantitative estimate of drug-likeness (QED) is 0.140. The van der Waals surface area contributed by atoms with Crippen molar-refractivity contribution in [3.8, 4) is 0 Å². The van der Waals surface area contributed by atoms with Gasteiger partial charge in [-0.15, -0.1) is 0 Å². The Balaban J connectivity index is 1.33.